The van der Waals surface area contributed by atoms with Crippen LogP contribution >= 0.6 is 23.1 Å². The number of aromatic nitrogens is 6. The molecule has 0 aliphatic carbocycles. The molecule has 0 unspecified atom stereocenters. The molecule has 0 atom stereocenters. The number of thiophene rings is 1. The predicted octanol–water partition coefficient (Wildman–Crippen LogP) is 4.64. The minimum atomic E-state index is -0.0274. The van der Waals surface area contributed by atoms with Gasteiger partial charge in [-0.3, -0.25) is 13.8 Å². The van der Waals surface area contributed by atoms with Gasteiger partial charge < -0.3 is 4.52 Å². The minimum Gasteiger partial charge on any atom is -0.338 e. The van der Waals surface area contributed by atoms with E-state index in [1.54, 1.807) is 15.9 Å². The molecule has 0 N–H and O–H groups in total. The van der Waals surface area contributed by atoms with E-state index in [2.05, 4.69) is 27.3 Å². The summed E-state index contributed by atoms with van der Waals surface area (Å²) in [6.07, 6.45) is 3.07. The van der Waals surface area contributed by atoms with E-state index in [-0.39, 0.29) is 5.56 Å². The van der Waals surface area contributed by atoms with E-state index in [4.69, 9.17) is 4.52 Å². The molecule has 0 spiro atoms. The molecule has 0 aliphatic heterocycles. The van der Waals surface area contributed by atoms with Gasteiger partial charge in [-0.05, 0) is 30.0 Å². The zero-order valence-corrected chi connectivity index (χ0v) is 18.5. The van der Waals surface area contributed by atoms with Crippen LogP contribution in [0.1, 0.15) is 32.1 Å². The number of hydrogen-bond donors (Lipinski definition) is 0. The molecule has 4 aromatic heterocycles. The van der Waals surface area contributed by atoms with E-state index in [1.807, 2.05) is 45.5 Å². The molecule has 10 heteroatoms. The zero-order chi connectivity index (χ0) is 21.2. The van der Waals surface area contributed by atoms with Crippen LogP contribution in [0.5, 0.6) is 0 Å². The van der Waals surface area contributed by atoms with Gasteiger partial charge in [-0.2, -0.15) is 16.3 Å². The fraction of sp³-hybridized carbons (Fsp3) is 0.286. The largest absolute Gasteiger partial charge is 0.338 e. The molecular weight excluding hydrogens is 432 g/mol. The van der Waals surface area contributed by atoms with Crippen molar-refractivity contribution in [2.24, 2.45) is 0 Å². The predicted molar refractivity (Wildman–Crippen MR) is 121 cm³/mol. The van der Waals surface area contributed by atoms with Gasteiger partial charge in [0.15, 0.2) is 5.16 Å². The smallest absolute Gasteiger partial charge is 0.262 e. The minimum absolute atomic E-state index is 0.0274. The van der Waals surface area contributed by atoms with Crippen LogP contribution in [-0.4, -0.2) is 29.3 Å². The first-order valence-corrected chi connectivity index (χ1v) is 12.0. The van der Waals surface area contributed by atoms with Gasteiger partial charge in [-0.25, -0.2) is 0 Å². The highest BCUT2D eigenvalue weighted by Crippen LogP contribution is 2.26. The Labute approximate surface area is 185 Å². The number of rotatable bonds is 8. The van der Waals surface area contributed by atoms with E-state index in [0.717, 1.165) is 30.3 Å². The van der Waals surface area contributed by atoms with Crippen LogP contribution in [0, 0.1) is 0 Å². The second-order valence-corrected chi connectivity index (χ2v) is 8.83. The van der Waals surface area contributed by atoms with E-state index >= 15 is 0 Å². The lowest BCUT2D eigenvalue weighted by molar-refractivity contribution is 0.391. The third kappa shape index (κ3) is 3.77. The molecule has 1 aromatic carbocycles. The van der Waals surface area contributed by atoms with E-state index < -0.39 is 0 Å². The average Bonchev–Trinajstić information content (AvgIpc) is 3.55. The normalized spacial score (nSPS) is 11.6. The highest BCUT2D eigenvalue weighted by atomic mass is 32.2. The van der Waals surface area contributed by atoms with Crippen molar-refractivity contribution in [1.82, 2.24) is 29.3 Å². The SMILES string of the molecule is CCCCCn1c(=O)c2ccccc2n2c(SCc3nc(-c4ccsc4)no3)nnc12. The first-order valence-electron chi connectivity index (χ1n) is 10.1. The van der Waals surface area contributed by atoms with Gasteiger partial charge in [0.05, 0.1) is 16.7 Å². The second kappa shape index (κ2) is 8.64. The molecule has 0 saturated carbocycles. The summed E-state index contributed by atoms with van der Waals surface area (Å²) in [6, 6.07) is 9.54. The molecule has 0 aliphatic rings. The zero-order valence-electron chi connectivity index (χ0n) is 16.9. The molecule has 4 heterocycles. The standard InChI is InChI=1S/C21H20N6O2S2/c1-2-3-6-10-26-19(28)15-7-4-5-8-16(15)27-20(26)23-24-21(27)31-13-17-22-18(25-29-17)14-9-11-30-12-14/h4-5,7-9,11-12H,2-3,6,10,13H2,1H3. The number of hydrogen-bond acceptors (Lipinski definition) is 8. The Morgan fingerprint density at radius 3 is 2.90 bits per heavy atom. The molecule has 31 heavy (non-hydrogen) atoms. The molecule has 158 valence electrons. The maximum Gasteiger partial charge on any atom is 0.262 e. The number of aryl methyl sites for hydroxylation is 1. The van der Waals surface area contributed by atoms with Gasteiger partial charge >= 0.3 is 0 Å². The maximum absolute atomic E-state index is 13.1. The second-order valence-electron chi connectivity index (χ2n) is 7.11. The van der Waals surface area contributed by atoms with Gasteiger partial charge in [0.2, 0.25) is 17.5 Å². The molecule has 5 aromatic rings. The van der Waals surface area contributed by atoms with E-state index in [9.17, 15) is 4.79 Å². The molecule has 0 amide bonds. The van der Waals surface area contributed by atoms with Crippen molar-refractivity contribution in [3.8, 4) is 11.4 Å². The Bertz CT molecular complexity index is 1390. The summed E-state index contributed by atoms with van der Waals surface area (Å²) in [5.41, 5.74) is 1.71. The highest BCUT2D eigenvalue weighted by Gasteiger charge is 2.18. The van der Waals surface area contributed by atoms with Crippen LogP contribution < -0.4 is 5.56 Å². The molecule has 5 rings (SSSR count). The number of thioether (sulfide) groups is 1. The number of para-hydroxylation sites is 1. The first-order chi connectivity index (χ1) is 15.3. The number of fused-ring (bicyclic) bond motifs is 3. The Morgan fingerprint density at radius 2 is 2.06 bits per heavy atom. The summed E-state index contributed by atoms with van der Waals surface area (Å²) >= 11 is 3.05. The fourth-order valence-electron chi connectivity index (χ4n) is 3.50. The third-order valence-electron chi connectivity index (χ3n) is 5.04. The van der Waals surface area contributed by atoms with Crippen LogP contribution in [0.25, 0.3) is 28.1 Å². The summed E-state index contributed by atoms with van der Waals surface area (Å²) in [6.45, 7) is 2.77. The highest BCUT2D eigenvalue weighted by molar-refractivity contribution is 7.98. The van der Waals surface area contributed by atoms with Crippen molar-refractivity contribution in [2.75, 3.05) is 0 Å². The van der Waals surface area contributed by atoms with Crippen molar-refractivity contribution in [3.63, 3.8) is 0 Å². The summed E-state index contributed by atoms with van der Waals surface area (Å²) in [5, 5.41) is 18.1. The first kappa shape index (κ1) is 20.0. The molecule has 0 bridgehead atoms. The lowest BCUT2D eigenvalue weighted by atomic mass is 10.2. The summed E-state index contributed by atoms with van der Waals surface area (Å²) in [7, 11) is 0. The monoisotopic (exact) mass is 452 g/mol. The quantitative estimate of drug-likeness (QED) is 0.250. The van der Waals surface area contributed by atoms with Crippen LogP contribution in [0.3, 0.4) is 0 Å². The van der Waals surface area contributed by atoms with E-state index in [0.29, 0.717) is 40.3 Å². The molecule has 0 fully saturated rings. The lowest BCUT2D eigenvalue weighted by Gasteiger charge is -2.10. The topological polar surface area (TPSA) is 91.1 Å². The van der Waals surface area contributed by atoms with Gasteiger partial charge in [-0.15, -0.1) is 10.2 Å². The van der Waals surface area contributed by atoms with Gasteiger partial charge in [-0.1, -0.05) is 48.8 Å². The van der Waals surface area contributed by atoms with Crippen LogP contribution in [0.15, 0.2) is 55.6 Å². The van der Waals surface area contributed by atoms with Gasteiger partial charge in [0, 0.05) is 17.5 Å². The Morgan fingerprint density at radius 1 is 1.16 bits per heavy atom. The van der Waals surface area contributed by atoms with Crippen LogP contribution in [0.2, 0.25) is 0 Å². The molecule has 0 saturated heterocycles. The third-order valence-corrected chi connectivity index (χ3v) is 6.63. The Balaban J connectivity index is 1.50. The number of nitrogens with zero attached hydrogens (tertiary/aromatic N) is 6. The van der Waals surface area contributed by atoms with Gasteiger partial charge in [0.25, 0.3) is 5.56 Å². The van der Waals surface area contributed by atoms with Gasteiger partial charge in [0.1, 0.15) is 0 Å². The fourth-order valence-corrected chi connectivity index (χ4v) is 4.91. The molecule has 0 radical (unpaired) electrons. The van der Waals surface area contributed by atoms with E-state index in [1.165, 1.54) is 11.8 Å². The number of benzene rings is 1. The average molecular weight is 453 g/mol. The summed E-state index contributed by atoms with van der Waals surface area (Å²) < 4.78 is 9.09. The number of unbranched alkanes of at least 4 members (excludes halogenated alkanes) is 2. The van der Waals surface area contributed by atoms with Crippen molar-refractivity contribution in [3.05, 3.63) is 57.3 Å². The molecule has 8 nitrogen and oxygen atoms in total. The van der Waals surface area contributed by atoms with Crippen LogP contribution in [0.4, 0.5) is 0 Å². The van der Waals surface area contributed by atoms with Crippen molar-refractivity contribution < 1.29 is 4.52 Å². The lowest BCUT2D eigenvalue weighted by Crippen LogP contribution is -2.23. The Hall–Kier alpha value is -2.98. The molecular formula is C21H20N6O2S2. The summed E-state index contributed by atoms with van der Waals surface area (Å²) in [4.78, 5) is 17.6. The van der Waals surface area contributed by atoms with Crippen molar-refractivity contribution in [2.45, 2.75) is 43.6 Å². The summed E-state index contributed by atoms with van der Waals surface area (Å²) in [5.74, 6) is 2.12. The maximum atomic E-state index is 13.1. The van der Waals surface area contributed by atoms with Crippen molar-refractivity contribution >= 4 is 39.8 Å². The van der Waals surface area contributed by atoms with Crippen molar-refractivity contribution in [1.29, 1.82) is 0 Å². The van der Waals surface area contributed by atoms with Crippen LogP contribution in [-0.2, 0) is 12.3 Å². The Kier molecular flexibility index (Phi) is 5.56.